The molecular formula is C33H29N3O6S. The predicted molar refractivity (Wildman–Crippen MR) is 162 cm³/mol. The molecule has 1 aromatic heterocycles. The number of hydrogen-bond donors (Lipinski definition) is 0. The summed E-state index contributed by atoms with van der Waals surface area (Å²) in [7, 11) is 1.30. The van der Waals surface area contributed by atoms with Crippen LogP contribution < -0.4 is 29.1 Å². The summed E-state index contributed by atoms with van der Waals surface area (Å²) in [6.45, 7) is 4.91. The van der Waals surface area contributed by atoms with Crippen LogP contribution in [0.4, 0.5) is 0 Å². The van der Waals surface area contributed by atoms with Crippen LogP contribution in [0.2, 0.25) is 0 Å². The molecule has 9 nitrogen and oxygen atoms in total. The van der Waals surface area contributed by atoms with Gasteiger partial charge in [-0.15, -0.1) is 0 Å². The Morgan fingerprint density at radius 1 is 1.02 bits per heavy atom. The number of hydrogen-bond acceptors (Lipinski definition) is 9. The second-order valence-electron chi connectivity index (χ2n) is 9.37. The third-order valence-electron chi connectivity index (χ3n) is 6.72. The van der Waals surface area contributed by atoms with Crippen molar-refractivity contribution in [1.82, 2.24) is 4.57 Å². The van der Waals surface area contributed by atoms with Crippen molar-refractivity contribution < 1.29 is 23.7 Å². The van der Waals surface area contributed by atoms with E-state index in [4.69, 9.17) is 18.9 Å². The molecule has 10 heteroatoms. The van der Waals surface area contributed by atoms with Gasteiger partial charge in [0.25, 0.3) is 5.56 Å². The summed E-state index contributed by atoms with van der Waals surface area (Å²) >= 11 is 1.23. The Hall–Kier alpha value is -5.14. The summed E-state index contributed by atoms with van der Waals surface area (Å²) in [6.07, 6.45) is 3.24. The van der Waals surface area contributed by atoms with E-state index < -0.39 is 12.0 Å². The zero-order valence-corrected chi connectivity index (χ0v) is 24.7. The maximum Gasteiger partial charge on any atom is 0.337 e. The fourth-order valence-corrected chi connectivity index (χ4v) is 5.68. The van der Waals surface area contributed by atoms with Crippen LogP contribution in [0.15, 0.2) is 88.3 Å². The Labute approximate surface area is 252 Å². The van der Waals surface area contributed by atoms with Crippen molar-refractivity contribution >= 4 is 23.4 Å². The third-order valence-corrected chi connectivity index (χ3v) is 7.72. The highest BCUT2D eigenvalue weighted by Crippen LogP contribution is 2.35. The molecule has 2 heterocycles. The van der Waals surface area contributed by atoms with Gasteiger partial charge in [0.15, 0.2) is 16.3 Å². The van der Waals surface area contributed by atoms with Crippen molar-refractivity contribution in [2.75, 3.05) is 20.3 Å². The maximum absolute atomic E-state index is 13.8. The summed E-state index contributed by atoms with van der Waals surface area (Å²) in [5.74, 6) is 1.15. The first kappa shape index (κ1) is 29.4. The first-order valence-corrected chi connectivity index (χ1v) is 14.5. The molecule has 0 radical (unpaired) electrons. The van der Waals surface area contributed by atoms with Crippen molar-refractivity contribution in [3.05, 3.63) is 120 Å². The van der Waals surface area contributed by atoms with E-state index in [9.17, 15) is 14.9 Å². The van der Waals surface area contributed by atoms with E-state index in [0.717, 1.165) is 11.1 Å². The number of nitrogens with zero attached hydrogens (tertiary/aromatic N) is 3. The van der Waals surface area contributed by atoms with Crippen molar-refractivity contribution in [2.45, 2.75) is 26.5 Å². The molecule has 0 N–H and O–H groups in total. The molecule has 0 aliphatic carbocycles. The molecule has 0 bridgehead atoms. The van der Waals surface area contributed by atoms with E-state index in [1.54, 1.807) is 24.3 Å². The number of benzene rings is 3. The number of carbonyl (C=O) groups is 1. The van der Waals surface area contributed by atoms with Crippen LogP contribution in [0, 0.1) is 11.3 Å². The molecular weight excluding hydrogens is 566 g/mol. The van der Waals surface area contributed by atoms with E-state index >= 15 is 0 Å². The summed E-state index contributed by atoms with van der Waals surface area (Å²) in [5, 5.41) is 9.30. The van der Waals surface area contributed by atoms with Gasteiger partial charge in [0.2, 0.25) is 0 Å². The average Bonchev–Trinajstić information content (AvgIpc) is 3.35. The van der Waals surface area contributed by atoms with E-state index in [1.807, 2.05) is 62.4 Å². The number of methoxy groups -OCH3 is 1. The second kappa shape index (κ2) is 13.2. The highest BCUT2D eigenvalue weighted by atomic mass is 32.1. The zero-order chi connectivity index (χ0) is 30.3. The molecule has 0 saturated carbocycles. The monoisotopic (exact) mass is 595 g/mol. The molecule has 5 rings (SSSR count). The molecule has 3 aromatic carbocycles. The van der Waals surface area contributed by atoms with Crippen LogP contribution in [0.5, 0.6) is 17.2 Å². The van der Waals surface area contributed by atoms with Crippen LogP contribution >= 0.6 is 11.3 Å². The topological polar surface area (TPSA) is 112 Å². The molecule has 1 atom stereocenters. The highest BCUT2D eigenvalue weighted by Gasteiger charge is 2.31. The van der Waals surface area contributed by atoms with Gasteiger partial charge in [-0.25, -0.2) is 9.79 Å². The van der Waals surface area contributed by atoms with E-state index in [-0.39, 0.29) is 17.7 Å². The van der Waals surface area contributed by atoms with Crippen LogP contribution in [0.25, 0.3) is 6.08 Å². The molecule has 4 aromatic rings. The first-order chi connectivity index (χ1) is 21.0. The lowest BCUT2D eigenvalue weighted by molar-refractivity contribution is -0.136. The predicted octanol–water partition coefficient (Wildman–Crippen LogP) is 4.27. The molecule has 43 heavy (non-hydrogen) atoms. The van der Waals surface area contributed by atoms with Gasteiger partial charge < -0.3 is 18.9 Å². The van der Waals surface area contributed by atoms with Crippen LogP contribution in [0.1, 0.15) is 42.1 Å². The van der Waals surface area contributed by atoms with Gasteiger partial charge in [-0.05, 0) is 61.4 Å². The van der Waals surface area contributed by atoms with E-state index in [1.165, 1.54) is 29.2 Å². The van der Waals surface area contributed by atoms with Crippen molar-refractivity contribution in [1.29, 1.82) is 5.26 Å². The van der Waals surface area contributed by atoms with Crippen molar-refractivity contribution in [3.8, 4) is 23.3 Å². The second-order valence-corrected chi connectivity index (χ2v) is 10.4. The molecule has 218 valence electrons. The number of esters is 1. The fraction of sp³-hybridized carbons (Fsp3) is 0.212. The summed E-state index contributed by atoms with van der Waals surface area (Å²) < 4.78 is 24.4. The molecule has 1 aliphatic heterocycles. The van der Waals surface area contributed by atoms with E-state index in [0.29, 0.717) is 50.9 Å². The SMILES string of the molecule is CCOc1ccc([C@H]2C(C(=O)OC)=CN=c3s/c(=C\c4ccc(OCc5ccccc5C#N)cc4)c(=O)n32)cc1OCC. The maximum atomic E-state index is 13.8. The lowest BCUT2D eigenvalue weighted by atomic mass is 9.97. The Kier molecular flexibility index (Phi) is 9.03. The standard InChI is InChI=1S/C33H29N3O6S/c1-4-40-27-15-12-22(17-28(27)41-5-2)30-26(32(38)39-3)19-35-33-36(30)31(37)29(43-33)16-21-10-13-25(14-11-21)42-20-24-9-7-6-8-23(24)18-34/h6-17,19,30H,4-5,20H2,1-3H3/b29-16-/t30-/m0/s1. The van der Waals surface area contributed by atoms with Crippen molar-refractivity contribution in [3.63, 3.8) is 0 Å². The van der Waals surface area contributed by atoms with E-state index in [2.05, 4.69) is 11.1 Å². The summed E-state index contributed by atoms with van der Waals surface area (Å²) in [6, 6.07) is 21.4. The molecule has 0 saturated heterocycles. The van der Waals surface area contributed by atoms with Gasteiger partial charge in [0.1, 0.15) is 12.4 Å². The minimum absolute atomic E-state index is 0.229. The van der Waals surface area contributed by atoms with Crippen LogP contribution in [-0.4, -0.2) is 30.9 Å². The minimum Gasteiger partial charge on any atom is -0.490 e. The normalized spacial score (nSPS) is 14.1. The minimum atomic E-state index is -0.771. The average molecular weight is 596 g/mol. The number of aromatic nitrogens is 1. The number of nitriles is 1. The lowest BCUT2D eigenvalue weighted by Crippen LogP contribution is -2.39. The van der Waals surface area contributed by atoms with Gasteiger partial charge in [-0.3, -0.25) is 9.36 Å². The molecule has 0 fully saturated rings. The quantitative estimate of drug-likeness (QED) is 0.252. The number of ether oxygens (including phenoxy) is 4. The number of thiazole rings is 1. The fourth-order valence-electron chi connectivity index (χ4n) is 4.72. The molecule has 0 spiro atoms. The molecule has 0 unspecified atom stereocenters. The summed E-state index contributed by atoms with van der Waals surface area (Å²) in [5.41, 5.74) is 2.76. The largest absolute Gasteiger partial charge is 0.490 e. The Morgan fingerprint density at radius 2 is 1.77 bits per heavy atom. The number of fused-ring (bicyclic) bond motifs is 1. The van der Waals surface area contributed by atoms with Crippen LogP contribution in [-0.2, 0) is 16.1 Å². The van der Waals surface area contributed by atoms with Gasteiger partial charge in [0, 0.05) is 11.8 Å². The highest BCUT2D eigenvalue weighted by molar-refractivity contribution is 7.07. The number of carbonyl (C=O) groups excluding carboxylic acids is 1. The smallest absolute Gasteiger partial charge is 0.337 e. The van der Waals surface area contributed by atoms with Gasteiger partial charge in [-0.2, -0.15) is 5.26 Å². The van der Waals surface area contributed by atoms with Gasteiger partial charge in [0.05, 0.1) is 48.1 Å². The number of rotatable bonds is 10. The molecule has 1 aliphatic rings. The third kappa shape index (κ3) is 6.22. The van der Waals surface area contributed by atoms with Crippen molar-refractivity contribution in [2.24, 2.45) is 4.99 Å². The lowest BCUT2D eigenvalue weighted by Gasteiger charge is -2.23. The first-order valence-electron chi connectivity index (χ1n) is 13.7. The Bertz CT molecular complexity index is 1900. The zero-order valence-electron chi connectivity index (χ0n) is 23.9. The van der Waals surface area contributed by atoms with Gasteiger partial charge >= 0.3 is 5.97 Å². The van der Waals surface area contributed by atoms with Crippen LogP contribution in [0.3, 0.4) is 0 Å². The molecule has 0 amide bonds. The van der Waals surface area contributed by atoms with Gasteiger partial charge in [-0.1, -0.05) is 47.7 Å². The Morgan fingerprint density at radius 3 is 2.49 bits per heavy atom. The Balaban J connectivity index is 1.48. The summed E-state index contributed by atoms with van der Waals surface area (Å²) in [4.78, 5) is 31.5.